The van der Waals surface area contributed by atoms with Gasteiger partial charge in [0.2, 0.25) is 0 Å². The molecule has 2 fully saturated rings. The van der Waals surface area contributed by atoms with Crippen LogP contribution in [0.4, 0.5) is 5.69 Å². The molecule has 1 heterocycles. The number of anilines is 1. The van der Waals surface area contributed by atoms with E-state index in [4.69, 9.17) is 4.74 Å². The quantitative estimate of drug-likeness (QED) is 0.681. The Morgan fingerprint density at radius 1 is 1.11 bits per heavy atom. The van der Waals surface area contributed by atoms with E-state index in [2.05, 4.69) is 20.8 Å². The third-order valence-electron chi connectivity index (χ3n) is 5.06. The fraction of sp³-hybridized carbons (Fsp3) is 0.333. The zero-order valence-corrected chi connectivity index (χ0v) is 15.4. The molecule has 3 aromatic rings. The Morgan fingerprint density at radius 2 is 1.93 bits per heavy atom. The second kappa shape index (κ2) is 7.07. The number of carbonyl (C=O) groups is 1. The molecule has 2 aliphatic rings. The molecule has 0 saturated heterocycles. The summed E-state index contributed by atoms with van der Waals surface area (Å²) < 4.78 is 7.59. The van der Waals surface area contributed by atoms with Gasteiger partial charge in [-0.1, -0.05) is 12.1 Å². The number of aromatic nitrogens is 4. The number of tetrazole rings is 1. The van der Waals surface area contributed by atoms with E-state index in [1.807, 2.05) is 41.1 Å². The van der Waals surface area contributed by atoms with Gasteiger partial charge in [-0.2, -0.15) is 0 Å². The molecule has 1 aromatic heterocycles. The van der Waals surface area contributed by atoms with Crippen LogP contribution in [0.25, 0.3) is 11.4 Å². The van der Waals surface area contributed by atoms with Crippen LogP contribution < -0.4 is 10.1 Å². The molecule has 28 heavy (non-hydrogen) atoms. The molecule has 0 unspecified atom stereocenters. The Kier molecular flexibility index (Phi) is 4.27. The fourth-order valence-electron chi connectivity index (χ4n) is 3.09. The largest absolute Gasteiger partial charge is 0.493 e. The number of nitrogens with zero attached hydrogens (tertiary/aromatic N) is 4. The van der Waals surface area contributed by atoms with Gasteiger partial charge in [0.25, 0.3) is 5.91 Å². The average Bonchev–Trinajstić information content (AvgIpc) is 3.66. The van der Waals surface area contributed by atoms with Crippen molar-refractivity contribution in [1.82, 2.24) is 20.2 Å². The first-order valence-corrected chi connectivity index (χ1v) is 9.69. The number of benzene rings is 2. The lowest BCUT2D eigenvalue weighted by Gasteiger charge is -2.09. The Hall–Kier alpha value is -3.22. The molecule has 5 rings (SSSR count). The molecule has 7 heteroatoms. The number of rotatable bonds is 7. The van der Waals surface area contributed by atoms with Crippen LogP contribution in [0.1, 0.15) is 42.1 Å². The van der Waals surface area contributed by atoms with Crippen LogP contribution in [0, 0.1) is 5.92 Å². The minimum Gasteiger partial charge on any atom is -0.493 e. The van der Waals surface area contributed by atoms with Gasteiger partial charge in [0.15, 0.2) is 5.82 Å². The monoisotopic (exact) mass is 375 g/mol. The summed E-state index contributed by atoms with van der Waals surface area (Å²) in [5, 5.41) is 15.0. The van der Waals surface area contributed by atoms with Gasteiger partial charge in [-0.25, -0.2) is 4.68 Å². The highest BCUT2D eigenvalue weighted by molar-refractivity contribution is 6.04. The van der Waals surface area contributed by atoms with Gasteiger partial charge in [0, 0.05) is 16.8 Å². The summed E-state index contributed by atoms with van der Waals surface area (Å²) in [4.78, 5) is 12.6. The molecule has 7 nitrogen and oxygen atoms in total. The normalized spacial score (nSPS) is 16.0. The third-order valence-corrected chi connectivity index (χ3v) is 5.06. The van der Waals surface area contributed by atoms with E-state index in [9.17, 15) is 4.79 Å². The molecule has 1 N–H and O–H groups in total. The van der Waals surface area contributed by atoms with Gasteiger partial charge in [-0.05, 0) is 78.4 Å². The van der Waals surface area contributed by atoms with Crippen LogP contribution in [0.15, 0.2) is 48.5 Å². The van der Waals surface area contributed by atoms with Crippen LogP contribution >= 0.6 is 0 Å². The molecule has 2 aliphatic carbocycles. The Labute approximate surface area is 162 Å². The van der Waals surface area contributed by atoms with Gasteiger partial charge in [-0.15, -0.1) is 5.10 Å². The molecule has 0 aliphatic heterocycles. The zero-order valence-electron chi connectivity index (χ0n) is 15.4. The van der Waals surface area contributed by atoms with Crippen LogP contribution in [0.3, 0.4) is 0 Å². The van der Waals surface area contributed by atoms with Crippen LogP contribution in [-0.4, -0.2) is 32.7 Å². The van der Waals surface area contributed by atoms with E-state index in [-0.39, 0.29) is 5.91 Å². The third kappa shape index (κ3) is 3.74. The van der Waals surface area contributed by atoms with Crippen LogP contribution in [-0.2, 0) is 0 Å². The van der Waals surface area contributed by atoms with Crippen molar-refractivity contribution in [2.75, 3.05) is 11.9 Å². The van der Waals surface area contributed by atoms with Gasteiger partial charge in [-0.3, -0.25) is 4.79 Å². The number of hydrogen-bond donors (Lipinski definition) is 1. The molecule has 2 aromatic carbocycles. The standard InChI is InChI=1S/C21H21N5O2/c27-21(15-6-10-19(11-7-15)28-13-14-4-5-14)22-17-3-1-2-16(12-17)20-23-24-25-26(20)18-8-9-18/h1-3,6-7,10-12,14,18H,4-5,8-9,13H2,(H,22,27). The summed E-state index contributed by atoms with van der Waals surface area (Å²) in [6, 6.07) is 15.3. The molecular weight excluding hydrogens is 354 g/mol. The summed E-state index contributed by atoms with van der Waals surface area (Å²) in [6.45, 7) is 0.763. The predicted molar refractivity (Wildman–Crippen MR) is 104 cm³/mol. The number of hydrogen-bond acceptors (Lipinski definition) is 5. The first-order valence-electron chi connectivity index (χ1n) is 9.69. The van der Waals surface area contributed by atoms with Gasteiger partial charge in [0.05, 0.1) is 12.6 Å². The molecule has 142 valence electrons. The van der Waals surface area contributed by atoms with Gasteiger partial charge in [0.1, 0.15) is 5.75 Å². The SMILES string of the molecule is O=C(Nc1cccc(-c2nnnn2C2CC2)c1)c1ccc(OCC2CC2)cc1. The summed E-state index contributed by atoms with van der Waals surface area (Å²) in [6.07, 6.45) is 4.73. The number of amides is 1. The summed E-state index contributed by atoms with van der Waals surface area (Å²) >= 11 is 0. The van der Waals surface area contributed by atoms with Crippen molar-refractivity contribution in [1.29, 1.82) is 0 Å². The van der Waals surface area contributed by atoms with Crippen molar-refractivity contribution in [3.63, 3.8) is 0 Å². The number of nitrogens with one attached hydrogen (secondary N) is 1. The first kappa shape index (κ1) is 16.9. The summed E-state index contributed by atoms with van der Waals surface area (Å²) in [7, 11) is 0. The Balaban J connectivity index is 1.27. The number of carbonyl (C=O) groups excluding carboxylic acids is 1. The number of ether oxygens (including phenoxy) is 1. The van der Waals surface area contributed by atoms with Crippen molar-refractivity contribution in [2.45, 2.75) is 31.7 Å². The van der Waals surface area contributed by atoms with Crippen molar-refractivity contribution < 1.29 is 9.53 Å². The molecule has 0 atom stereocenters. The first-order chi connectivity index (χ1) is 13.8. The van der Waals surface area contributed by atoms with Gasteiger partial charge >= 0.3 is 0 Å². The Morgan fingerprint density at radius 3 is 2.68 bits per heavy atom. The van der Waals surface area contributed by atoms with E-state index < -0.39 is 0 Å². The molecule has 0 radical (unpaired) electrons. The van der Waals surface area contributed by atoms with Crippen LogP contribution in [0.5, 0.6) is 5.75 Å². The lowest BCUT2D eigenvalue weighted by atomic mass is 10.1. The smallest absolute Gasteiger partial charge is 0.255 e. The molecule has 0 bridgehead atoms. The van der Waals surface area contributed by atoms with Crippen molar-refractivity contribution in [3.8, 4) is 17.1 Å². The minimum atomic E-state index is -0.160. The van der Waals surface area contributed by atoms with E-state index in [1.54, 1.807) is 12.1 Å². The molecular formula is C21H21N5O2. The lowest BCUT2D eigenvalue weighted by molar-refractivity contribution is 0.102. The predicted octanol–water partition coefficient (Wildman–Crippen LogP) is 3.72. The topological polar surface area (TPSA) is 81.9 Å². The molecule has 0 spiro atoms. The lowest BCUT2D eigenvalue weighted by Crippen LogP contribution is -2.12. The molecule has 1 amide bonds. The highest BCUT2D eigenvalue weighted by Gasteiger charge is 2.28. The highest BCUT2D eigenvalue weighted by atomic mass is 16.5. The van der Waals surface area contributed by atoms with E-state index >= 15 is 0 Å². The minimum absolute atomic E-state index is 0.160. The maximum atomic E-state index is 12.6. The molecule has 2 saturated carbocycles. The van der Waals surface area contributed by atoms with Crippen molar-refractivity contribution in [3.05, 3.63) is 54.1 Å². The Bertz CT molecular complexity index is 990. The maximum absolute atomic E-state index is 12.6. The van der Waals surface area contributed by atoms with E-state index in [0.29, 0.717) is 23.2 Å². The van der Waals surface area contributed by atoms with E-state index in [1.165, 1.54) is 12.8 Å². The van der Waals surface area contributed by atoms with Crippen LogP contribution in [0.2, 0.25) is 0 Å². The summed E-state index contributed by atoms with van der Waals surface area (Å²) in [5.74, 6) is 2.08. The van der Waals surface area contributed by atoms with Gasteiger partial charge < -0.3 is 10.1 Å². The second-order valence-electron chi connectivity index (χ2n) is 7.49. The van der Waals surface area contributed by atoms with Crippen molar-refractivity contribution in [2.24, 2.45) is 5.92 Å². The highest BCUT2D eigenvalue weighted by Crippen LogP contribution is 2.36. The van der Waals surface area contributed by atoms with E-state index in [0.717, 1.165) is 36.6 Å². The average molecular weight is 375 g/mol. The maximum Gasteiger partial charge on any atom is 0.255 e. The van der Waals surface area contributed by atoms with Crippen molar-refractivity contribution >= 4 is 11.6 Å². The summed E-state index contributed by atoms with van der Waals surface area (Å²) in [5.41, 5.74) is 2.19. The fourth-order valence-corrected chi connectivity index (χ4v) is 3.09. The zero-order chi connectivity index (χ0) is 18.9. The second-order valence-corrected chi connectivity index (χ2v) is 7.49.